The summed E-state index contributed by atoms with van der Waals surface area (Å²) in [6, 6.07) is 11.3. The second kappa shape index (κ2) is 7.00. The van der Waals surface area contributed by atoms with Crippen molar-refractivity contribution < 1.29 is 17.3 Å². The summed E-state index contributed by atoms with van der Waals surface area (Å²) >= 11 is 0. The SMILES string of the molecule is Cc1cccc(N2CCN(S(=O)(=O)c3ccc(-c4nnc(C5CC5)o4)o3)CC2)c1. The number of rotatable bonds is 5. The van der Waals surface area contributed by atoms with E-state index in [1.54, 1.807) is 6.07 Å². The lowest BCUT2D eigenvalue weighted by molar-refractivity contribution is 0.361. The Morgan fingerprint density at radius 3 is 2.52 bits per heavy atom. The molecule has 3 aromatic rings. The second-order valence-electron chi connectivity index (χ2n) is 7.57. The van der Waals surface area contributed by atoms with Gasteiger partial charge in [0, 0.05) is 37.8 Å². The van der Waals surface area contributed by atoms with Crippen molar-refractivity contribution in [2.24, 2.45) is 0 Å². The molecule has 1 aliphatic heterocycles. The molecule has 8 nitrogen and oxygen atoms in total. The Hall–Kier alpha value is -2.65. The van der Waals surface area contributed by atoms with Crippen LogP contribution in [-0.2, 0) is 10.0 Å². The summed E-state index contributed by atoms with van der Waals surface area (Å²) in [6.45, 7) is 4.11. The first-order valence-electron chi connectivity index (χ1n) is 9.76. The highest BCUT2D eigenvalue weighted by atomic mass is 32.2. The second-order valence-corrected chi connectivity index (χ2v) is 9.44. The van der Waals surface area contributed by atoms with Gasteiger partial charge in [-0.05, 0) is 49.6 Å². The predicted molar refractivity (Wildman–Crippen MR) is 106 cm³/mol. The quantitative estimate of drug-likeness (QED) is 0.633. The van der Waals surface area contributed by atoms with Crippen LogP contribution in [0.3, 0.4) is 0 Å². The molecule has 3 heterocycles. The molecule has 2 aliphatic rings. The highest BCUT2D eigenvalue weighted by Gasteiger charge is 2.33. The number of furan rings is 1. The Morgan fingerprint density at radius 2 is 1.79 bits per heavy atom. The summed E-state index contributed by atoms with van der Waals surface area (Å²) in [5.41, 5.74) is 2.30. The molecule has 0 spiro atoms. The van der Waals surface area contributed by atoms with E-state index in [1.807, 2.05) is 6.07 Å². The topological polar surface area (TPSA) is 92.7 Å². The van der Waals surface area contributed by atoms with Gasteiger partial charge in [0.25, 0.3) is 15.9 Å². The van der Waals surface area contributed by atoms with Gasteiger partial charge in [0.05, 0.1) is 0 Å². The smallest absolute Gasteiger partial charge is 0.283 e. The van der Waals surface area contributed by atoms with E-state index < -0.39 is 10.0 Å². The summed E-state index contributed by atoms with van der Waals surface area (Å²) in [7, 11) is -3.71. The van der Waals surface area contributed by atoms with Gasteiger partial charge in [0.15, 0.2) is 5.76 Å². The molecule has 0 amide bonds. The molecule has 152 valence electrons. The first-order valence-corrected chi connectivity index (χ1v) is 11.2. The normalized spacial score (nSPS) is 18.3. The molecule has 2 fully saturated rings. The molecule has 29 heavy (non-hydrogen) atoms. The van der Waals surface area contributed by atoms with E-state index in [-0.39, 0.29) is 16.7 Å². The maximum atomic E-state index is 13.0. The van der Waals surface area contributed by atoms with Crippen molar-refractivity contribution in [2.45, 2.75) is 30.8 Å². The number of hydrogen-bond donors (Lipinski definition) is 0. The van der Waals surface area contributed by atoms with E-state index in [9.17, 15) is 8.42 Å². The number of sulfonamides is 1. The molecular formula is C20H22N4O4S. The number of aromatic nitrogens is 2. The highest BCUT2D eigenvalue weighted by molar-refractivity contribution is 7.89. The van der Waals surface area contributed by atoms with Crippen molar-refractivity contribution in [3.8, 4) is 11.7 Å². The Kier molecular flexibility index (Phi) is 4.44. The summed E-state index contributed by atoms with van der Waals surface area (Å²) in [6.07, 6.45) is 2.10. The van der Waals surface area contributed by atoms with Gasteiger partial charge in [0.1, 0.15) is 0 Å². The van der Waals surface area contributed by atoms with Crippen LogP contribution < -0.4 is 4.90 Å². The lowest BCUT2D eigenvalue weighted by Gasteiger charge is -2.35. The minimum Gasteiger partial charge on any atom is -0.438 e. The lowest BCUT2D eigenvalue weighted by Crippen LogP contribution is -2.48. The van der Waals surface area contributed by atoms with Gasteiger partial charge < -0.3 is 13.7 Å². The van der Waals surface area contributed by atoms with Crippen molar-refractivity contribution in [1.82, 2.24) is 14.5 Å². The zero-order valence-corrected chi connectivity index (χ0v) is 16.9. The zero-order chi connectivity index (χ0) is 20.0. The fraction of sp³-hybridized carbons (Fsp3) is 0.400. The average molecular weight is 414 g/mol. The number of aryl methyl sites for hydroxylation is 1. The first-order chi connectivity index (χ1) is 14.0. The van der Waals surface area contributed by atoms with E-state index >= 15 is 0 Å². The number of anilines is 1. The molecule has 0 radical (unpaired) electrons. The van der Waals surface area contributed by atoms with Crippen molar-refractivity contribution in [2.75, 3.05) is 31.1 Å². The molecule has 0 bridgehead atoms. The van der Waals surface area contributed by atoms with Gasteiger partial charge >= 0.3 is 0 Å². The maximum Gasteiger partial charge on any atom is 0.283 e. The van der Waals surface area contributed by atoms with Gasteiger partial charge in [-0.25, -0.2) is 8.42 Å². The van der Waals surface area contributed by atoms with Crippen LogP contribution in [0.25, 0.3) is 11.7 Å². The summed E-state index contributed by atoms with van der Waals surface area (Å²) < 4.78 is 38.7. The van der Waals surface area contributed by atoms with Crippen LogP contribution in [0, 0.1) is 6.92 Å². The Morgan fingerprint density at radius 1 is 1.00 bits per heavy atom. The fourth-order valence-corrected chi connectivity index (χ4v) is 4.88. The summed E-state index contributed by atoms with van der Waals surface area (Å²) in [5.74, 6) is 1.42. The van der Waals surface area contributed by atoms with Crippen LogP contribution in [0.2, 0.25) is 0 Å². The molecule has 0 N–H and O–H groups in total. The molecule has 0 unspecified atom stereocenters. The van der Waals surface area contributed by atoms with Crippen LogP contribution in [-0.4, -0.2) is 49.1 Å². The number of piperazine rings is 1. The standard InChI is InChI=1S/C20H22N4O4S/c1-14-3-2-4-16(13-14)23-9-11-24(12-10-23)29(25,26)18-8-7-17(27-18)20-22-21-19(28-20)15-5-6-15/h2-4,7-8,13,15H,5-6,9-12H2,1H3. The van der Waals surface area contributed by atoms with E-state index in [1.165, 1.54) is 15.9 Å². The third-order valence-electron chi connectivity index (χ3n) is 5.36. The largest absolute Gasteiger partial charge is 0.438 e. The lowest BCUT2D eigenvalue weighted by atomic mass is 10.2. The van der Waals surface area contributed by atoms with Crippen LogP contribution in [0.5, 0.6) is 0 Å². The van der Waals surface area contributed by atoms with Crippen LogP contribution >= 0.6 is 0 Å². The maximum absolute atomic E-state index is 13.0. The van der Waals surface area contributed by atoms with Crippen LogP contribution in [0.1, 0.15) is 30.2 Å². The van der Waals surface area contributed by atoms with E-state index in [4.69, 9.17) is 8.83 Å². The van der Waals surface area contributed by atoms with Crippen LogP contribution in [0.4, 0.5) is 5.69 Å². The number of nitrogens with zero attached hydrogens (tertiary/aromatic N) is 4. The van der Waals surface area contributed by atoms with Crippen molar-refractivity contribution >= 4 is 15.7 Å². The van der Waals surface area contributed by atoms with Gasteiger partial charge in [-0.1, -0.05) is 12.1 Å². The van der Waals surface area contributed by atoms with Gasteiger partial charge in [-0.2, -0.15) is 4.31 Å². The molecule has 5 rings (SSSR count). The van der Waals surface area contributed by atoms with Crippen molar-refractivity contribution in [3.63, 3.8) is 0 Å². The Balaban J connectivity index is 1.29. The number of benzene rings is 1. The molecule has 1 saturated carbocycles. The molecule has 1 aliphatic carbocycles. The van der Waals surface area contributed by atoms with E-state index in [2.05, 4.69) is 40.2 Å². The monoisotopic (exact) mass is 414 g/mol. The van der Waals surface area contributed by atoms with Gasteiger partial charge in [0.2, 0.25) is 11.0 Å². The van der Waals surface area contributed by atoms with Crippen LogP contribution in [0.15, 0.2) is 50.3 Å². The summed E-state index contributed by atoms with van der Waals surface area (Å²) in [5, 5.41) is 7.90. The van der Waals surface area contributed by atoms with Gasteiger partial charge in [-0.15, -0.1) is 10.2 Å². The van der Waals surface area contributed by atoms with Crippen molar-refractivity contribution in [1.29, 1.82) is 0 Å². The number of hydrogen-bond acceptors (Lipinski definition) is 7. The minimum absolute atomic E-state index is 0.0947. The molecule has 1 saturated heterocycles. The molecule has 0 atom stereocenters. The van der Waals surface area contributed by atoms with Crippen molar-refractivity contribution in [3.05, 3.63) is 47.9 Å². The zero-order valence-electron chi connectivity index (χ0n) is 16.1. The molecule has 1 aromatic carbocycles. The van der Waals surface area contributed by atoms with E-state index in [0.717, 1.165) is 18.5 Å². The van der Waals surface area contributed by atoms with E-state index in [0.29, 0.717) is 38.0 Å². The predicted octanol–water partition coefficient (Wildman–Crippen LogP) is 3.03. The Bertz CT molecular complexity index is 1120. The average Bonchev–Trinajstić information content (AvgIpc) is 3.25. The molecule has 2 aromatic heterocycles. The third-order valence-corrected chi connectivity index (χ3v) is 7.13. The fourth-order valence-electron chi connectivity index (χ4n) is 3.54. The molecular weight excluding hydrogens is 392 g/mol. The Labute approximate surface area is 169 Å². The highest BCUT2D eigenvalue weighted by Crippen LogP contribution is 2.40. The molecule has 9 heteroatoms. The minimum atomic E-state index is -3.71. The van der Waals surface area contributed by atoms with Gasteiger partial charge in [-0.3, -0.25) is 0 Å². The first kappa shape index (κ1) is 18.4. The summed E-state index contributed by atoms with van der Waals surface area (Å²) in [4.78, 5) is 2.20. The third kappa shape index (κ3) is 3.56.